The van der Waals surface area contributed by atoms with Crippen LogP contribution in [-0.2, 0) is 0 Å². The first-order valence-electron chi connectivity index (χ1n) is 3.52. The normalized spacial score (nSPS) is 10.5. The predicted octanol–water partition coefficient (Wildman–Crippen LogP) is 3.05. The van der Waals surface area contributed by atoms with Crippen molar-refractivity contribution in [1.82, 2.24) is 0 Å². The summed E-state index contributed by atoms with van der Waals surface area (Å²) in [5.74, 6) is 0.359. The number of ether oxygens (including phenoxy) is 1. The van der Waals surface area contributed by atoms with Gasteiger partial charge in [0.15, 0.2) is 0 Å². The summed E-state index contributed by atoms with van der Waals surface area (Å²) in [7, 11) is 1.55. The van der Waals surface area contributed by atoms with Crippen LogP contribution >= 0.6 is 11.3 Å². The van der Waals surface area contributed by atoms with Gasteiger partial charge in [-0.25, -0.2) is 4.39 Å². The molecule has 1 aromatic carbocycles. The molecule has 0 saturated carbocycles. The summed E-state index contributed by atoms with van der Waals surface area (Å²) in [6.07, 6.45) is 0. The van der Waals surface area contributed by atoms with Crippen LogP contribution in [0.1, 0.15) is 0 Å². The number of thiophene rings is 1. The van der Waals surface area contributed by atoms with Gasteiger partial charge in [-0.3, -0.25) is 0 Å². The van der Waals surface area contributed by atoms with E-state index in [1.54, 1.807) is 18.4 Å². The molecule has 62 valence electrons. The first kappa shape index (κ1) is 7.55. The summed E-state index contributed by atoms with van der Waals surface area (Å²) in [5, 5.41) is 2.82. The number of hydrogen-bond acceptors (Lipinski definition) is 2. The highest BCUT2D eigenvalue weighted by Gasteiger charge is 2.04. The van der Waals surface area contributed by atoms with Crippen molar-refractivity contribution in [1.29, 1.82) is 0 Å². The molecule has 0 aliphatic rings. The third-order valence-corrected chi connectivity index (χ3v) is 2.65. The SMILES string of the molecule is COc1cc(F)cc2ccsc12. The van der Waals surface area contributed by atoms with Gasteiger partial charge in [0.05, 0.1) is 11.8 Å². The number of fused-ring (bicyclic) bond motifs is 1. The minimum Gasteiger partial charge on any atom is -0.495 e. The van der Waals surface area contributed by atoms with Crippen molar-refractivity contribution in [3.05, 3.63) is 29.4 Å². The molecule has 2 rings (SSSR count). The third-order valence-electron chi connectivity index (χ3n) is 1.70. The lowest BCUT2D eigenvalue weighted by molar-refractivity contribution is 0.417. The molecular formula is C9H7FOS. The molecule has 0 unspecified atom stereocenters. The maximum atomic E-state index is 12.9. The van der Waals surface area contributed by atoms with Crippen molar-refractivity contribution in [2.75, 3.05) is 7.11 Å². The van der Waals surface area contributed by atoms with Gasteiger partial charge < -0.3 is 4.74 Å². The Labute approximate surface area is 73.4 Å². The van der Waals surface area contributed by atoms with Crippen LogP contribution in [0.15, 0.2) is 23.6 Å². The molecule has 0 bridgehead atoms. The number of rotatable bonds is 1. The lowest BCUT2D eigenvalue weighted by Gasteiger charge is -2.00. The standard InChI is InChI=1S/C9H7FOS/c1-11-8-5-7(10)4-6-2-3-12-9(6)8/h2-5H,1H3. The maximum Gasteiger partial charge on any atom is 0.139 e. The van der Waals surface area contributed by atoms with Gasteiger partial charge >= 0.3 is 0 Å². The fourth-order valence-electron chi connectivity index (χ4n) is 1.17. The summed E-state index contributed by atoms with van der Waals surface area (Å²) in [4.78, 5) is 0. The largest absolute Gasteiger partial charge is 0.495 e. The van der Waals surface area contributed by atoms with Crippen molar-refractivity contribution in [2.45, 2.75) is 0 Å². The molecule has 3 heteroatoms. The van der Waals surface area contributed by atoms with E-state index in [1.807, 2.05) is 11.4 Å². The van der Waals surface area contributed by atoms with Crippen LogP contribution in [0.5, 0.6) is 5.75 Å². The molecule has 1 heterocycles. The van der Waals surface area contributed by atoms with E-state index >= 15 is 0 Å². The van der Waals surface area contributed by atoms with E-state index in [1.165, 1.54) is 12.1 Å². The van der Waals surface area contributed by atoms with Gasteiger partial charge in [0.2, 0.25) is 0 Å². The summed E-state index contributed by atoms with van der Waals surface area (Å²) >= 11 is 1.56. The molecular weight excluding hydrogens is 175 g/mol. The smallest absolute Gasteiger partial charge is 0.139 e. The predicted molar refractivity (Wildman–Crippen MR) is 48.3 cm³/mol. The highest BCUT2D eigenvalue weighted by atomic mass is 32.1. The van der Waals surface area contributed by atoms with E-state index in [9.17, 15) is 4.39 Å². The lowest BCUT2D eigenvalue weighted by atomic mass is 10.2. The van der Waals surface area contributed by atoms with Crippen LogP contribution in [-0.4, -0.2) is 7.11 Å². The second kappa shape index (κ2) is 2.75. The minimum atomic E-state index is -0.252. The topological polar surface area (TPSA) is 9.23 Å². The molecule has 2 aromatic rings. The van der Waals surface area contributed by atoms with Crippen molar-refractivity contribution in [3.63, 3.8) is 0 Å². The van der Waals surface area contributed by atoms with Gasteiger partial charge in [-0.1, -0.05) is 0 Å². The average molecular weight is 182 g/mol. The van der Waals surface area contributed by atoms with E-state index in [0.29, 0.717) is 5.75 Å². The highest BCUT2D eigenvalue weighted by Crippen LogP contribution is 2.31. The number of hydrogen-bond donors (Lipinski definition) is 0. The first-order chi connectivity index (χ1) is 5.81. The lowest BCUT2D eigenvalue weighted by Crippen LogP contribution is -1.83. The molecule has 1 aromatic heterocycles. The quantitative estimate of drug-likeness (QED) is 0.658. The Balaban J connectivity index is 2.80. The van der Waals surface area contributed by atoms with E-state index in [4.69, 9.17) is 4.74 Å². The van der Waals surface area contributed by atoms with E-state index < -0.39 is 0 Å². The fraction of sp³-hybridized carbons (Fsp3) is 0.111. The van der Waals surface area contributed by atoms with Gasteiger partial charge in [0, 0.05) is 6.07 Å². The van der Waals surface area contributed by atoms with Gasteiger partial charge in [0.1, 0.15) is 11.6 Å². The summed E-state index contributed by atoms with van der Waals surface area (Å²) in [6, 6.07) is 4.79. The van der Waals surface area contributed by atoms with Crippen molar-refractivity contribution >= 4 is 21.4 Å². The van der Waals surface area contributed by atoms with Gasteiger partial charge in [-0.2, -0.15) is 0 Å². The molecule has 0 radical (unpaired) electrons. The molecule has 0 N–H and O–H groups in total. The Morgan fingerprint density at radius 2 is 2.25 bits per heavy atom. The molecule has 0 amide bonds. The second-order valence-corrected chi connectivity index (χ2v) is 3.36. The summed E-state index contributed by atoms with van der Waals surface area (Å²) in [6.45, 7) is 0. The van der Waals surface area contributed by atoms with Crippen LogP contribution in [0.25, 0.3) is 10.1 Å². The zero-order chi connectivity index (χ0) is 8.55. The van der Waals surface area contributed by atoms with Crippen LogP contribution in [0.2, 0.25) is 0 Å². The Morgan fingerprint density at radius 1 is 1.42 bits per heavy atom. The molecule has 0 aliphatic carbocycles. The van der Waals surface area contributed by atoms with Gasteiger partial charge in [-0.15, -0.1) is 11.3 Å². The molecule has 0 spiro atoms. The van der Waals surface area contributed by atoms with Crippen LogP contribution in [0, 0.1) is 5.82 Å². The Morgan fingerprint density at radius 3 is 3.00 bits per heavy atom. The first-order valence-corrected chi connectivity index (χ1v) is 4.40. The summed E-state index contributed by atoms with van der Waals surface area (Å²) in [5.41, 5.74) is 0. The molecule has 12 heavy (non-hydrogen) atoms. The number of halogens is 1. The molecule has 1 nitrogen and oxygen atoms in total. The Bertz CT molecular complexity index is 408. The fourth-order valence-corrected chi connectivity index (χ4v) is 2.04. The minimum absolute atomic E-state index is 0.252. The number of methoxy groups -OCH3 is 1. The van der Waals surface area contributed by atoms with Gasteiger partial charge in [0.25, 0.3) is 0 Å². The average Bonchev–Trinajstić information content (AvgIpc) is 2.50. The van der Waals surface area contributed by atoms with Crippen LogP contribution in [0.4, 0.5) is 4.39 Å². The van der Waals surface area contributed by atoms with E-state index in [-0.39, 0.29) is 5.82 Å². The maximum absolute atomic E-state index is 12.9. The second-order valence-electron chi connectivity index (χ2n) is 2.45. The van der Waals surface area contributed by atoms with E-state index in [2.05, 4.69) is 0 Å². The zero-order valence-electron chi connectivity index (χ0n) is 6.50. The highest BCUT2D eigenvalue weighted by molar-refractivity contribution is 7.17. The van der Waals surface area contributed by atoms with Crippen molar-refractivity contribution < 1.29 is 9.13 Å². The van der Waals surface area contributed by atoms with Crippen LogP contribution in [0.3, 0.4) is 0 Å². The van der Waals surface area contributed by atoms with Gasteiger partial charge in [-0.05, 0) is 22.9 Å². The molecule has 0 atom stereocenters. The zero-order valence-corrected chi connectivity index (χ0v) is 7.32. The molecule has 0 saturated heterocycles. The Kier molecular flexibility index (Phi) is 1.73. The van der Waals surface area contributed by atoms with Crippen molar-refractivity contribution in [2.24, 2.45) is 0 Å². The van der Waals surface area contributed by atoms with Crippen LogP contribution < -0.4 is 4.74 Å². The van der Waals surface area contributed by atoms with Crippen molar-refractivity contribution in [3.8, 4) is 5.75 Å². The number of benzene rings is 1. The molecule has 0 fully saturated rings. The molecule has 0 aliphatic heterocycles. The van der Waals surface area contributed by atoms with E-state index in [0.717, 1.165) is 10.1 Å². The third kappa shape index (κ3) is 1.06. The Hall–Kier alpha value is -1.09. The monoisotopic (exact) mass is 182 g/mol. The summed E-state index contributed by atoms with van der Waals surface area (Å²) < 4.78 is 18.9.